The first-order chi connectivity index (χ1) is 11.4. The molecule has 2 amide bonds. The van der Waals surface area contributed by atoms with Gasteiger partial charge in [-0.25, -0.2) is 4.39 Å². The van der Waals surface area contributed by atoms with Crippen molar-refractivity contribution < 1.29 is 14.0 Å². The smallest absolute Gasteiger partial charge is 0.221 e. The SMILES string of the molecule is CC(=O)N(CCC(=O)NCCCN(C)C)CCc1ccccc1F. The van der Waals surface area contributed by atoms with Gasteiger partial charge in [0.25, 0.3) is 0 Å². The predicted octanol–water partition coefficient (Wildman–Crippen LogP) is 1.67. The molecule has 0 aliphatic heterocycles. The summed E-state index contributed by atoms with van der Waals surface area (Å²) in [4.78, 5) is 27.2. The van der Waals surface area contributed by atoms with Gasteiger partial charge in [0.1, 0.15) is 5.82 Å². The standard InChI is InChI=1S/C18H28FN3O2/c1-15(23)22(13-9-16-7-4-5-8-17(16)19)14-10-18(24)20-11-6-12-21(2)3/h4-5,7-8H,6,9-14H2,1-3H3,(H,20,24). The highest BCUT2D eigenvalue weighted by atomic mass is 19.1. The Hall–Kier alpha value is -1.95. The number of carbonyl (C=O) groups excluding carboxylic acids is 2. The molecular formula is C18H28FN3O2. The summed E-state index contributed by atoms with van der Waals surface area (Å²) >= 11 is 0. The molecule has 1 rings (SSSR count). The summed E-state index contributed by atoms with van der Waals surface area (Å²) in [5, 5.41) is 2.85. The highest BCUT2D eigenvalue weighted by Crippen LogP contribution is 2.08. The molecule has 0 saturated carbocycles. The van der Waals surface area contributed by atoms with E-state index in [1.165, 1.54) is 13.0 Å². The second-order valence-electron chi connectivity index (χ2n) is 6.10. The third-order valence-corrected chi connectivity index (χ3v) is 3.77. The van der Waals surface area contributed by atoms with Crippen LogP contribution in [-0.4, -0.2) is 61.9 Å². The number of carbonyl (C=O) groups is 2. The van der Waals surface area contributed by atoms with Crippen molar-refractivity contribution in [2.45, 2.75) is 26.2 Å². The Balaban J connectivity index is 2.34. The summed E-state index contributed by atoms with van der Waals surface area (Å²) in [6.07, 6.45) is 1.60. The summed E-state index contributed by atoms with van der Waals surface area (Å²) in [7, 11) is 3.98. The molecule has 0 aromatic heterocycles. The Morgan fingerprint density at radius 3 is 2.46 bits per heavy atom. The number of hydrogen-bond donors (Lipinski definition) is 1. The molecule has 0 unspecified atom stereocenters. The molecule has 0 bridgehead atoms. The minimum Gasteiger partial charge on any atom is -0.356 e. The van der Waals surface area contributed by atoms with Crippen LogP contribution in [0, 0.1) is 5.82 Å². The van der Waals surface area contributed by atoms with Gasteiger partial charge in [-0.1, -0.05) is 18.2 Å². The van der Waals surface area contributed by atoms with Crippen LogP contribution >= 0.6 is 0 Å². The monoisotopic (exact) mass is 337 g/mol. The van der Waals surface area contributed by atoms with Crippen LogP contribution in [0.1, 0.15) is 25.3 Å². The topological polar surface area (TPSA) is 52.7 Å². The normalized spacial score (nSPS) is 10.7. The molecule has 0 spiro atoms. The second kappa shape index (κ2) is 10.8. The minimum atomic E-state index is -0.264. The molecule has 0 aliphatic rings. The first-order valence-corrected chi connectivity index (χ1v) is 8.30. The highest BCUT2D eigenvalue weighted by molar-refractivity contribution is 5.77. The van der Waals surface area contributed by atoms with Crippen molar-refractivity contribution in [2.75, 3.05) is 40.3 Å². The average Bonchev–Trinajstić information content (AvgIpc) is 2.52. The number of hydrogen-bond acceptors (Lipinski definition) is 3. The largest absolute Gasteiger partial charge is 0.356 e. The van der Waals surface area contributed by atoms with E-state index in [-0.39, 0.29) is 24.1 Å². The molecule has 0 radical (unpaired) electrons. The fraction of sp³-hybridized carbons (Fsp3) is 0.556. The number of rotatable bonds is 10. The predicted molar refractivity (Wildman–Crippen MR) is 93.2 cm³/mol. The maximum atomic E-state index is 13.6. The van der Waals surface area contributed by atoms with Gasteiger partial charge in [0, 0.05) is 33.0 Å². The molecule has 24 heavy (non-hydrogen) atoms. The van der Waals surface area contributed by atoms with E-state index in [2.05, 4.69) is 10.2 Å². The Morgan fingerprint density at radius 2 is 1.83 bits per heavy atom. The van der Waals surface area contributed by atoms with E-state index in [1.54, 1.807) is 23.1 Å². The maximum Gasteiger partial charge on any atom is 0.221 e. The lowest BCUT2D eigenvalue weighted by atomic mass is 10.1. The fourth-order valence-corrected chi connectivity index (χ4v) is 2.33. The second-order valence-corrected chi connectivity index (χ2v) is 6.10. The van der Waals surface area contributed by atoms with Crippen molar-refractivity contribution in [1.29, 1.82) is 0 Å². The van der Waals surface area contributed by atoms with Crippen LogP contribution in [0.25, 0.3) is 0 Å². The van der Waals surface area contributed by atoms with Gasteiger partial charge in [-0.2, -0.15) is 0 Å². The van der Waals surface area contributed by atoms with Crippen LogP contribution in [0.3, 0.4) is 0 Å². The van der Waals surface area contributed by atoms with E-state index in [4.69, 9.17) is 0 Å². The minimum absolute atomic E-state index is 0.0640. The molecule has 0 aliphatic carbocycles. The van der Waals surface area contributed by atoms with Crippen LogP contribution in [-0.2, 0) is 16.0 Å². The van der Waals surface area contributed by atoms with E-state index < -0.39 is 0 Å². The van der Waals surface area contributed by atoms with E-state index in [9.17, 15) is 14.0 Å². The van der Waals surface area contributed by atoms with E-state index in [1.807, 2.05) is 14.1 Å². The Kier molecular flexibility index (Phi) is 9.01. The summed E-state index contributed by atoms with van der Waals surface area (Å²) in [5.74, 6) is -0.433. The van der Waals surface area contributed by atoms with Crippen LogP contribution in [0.15, 0.2) is 24.3 Å². The van der Waals surface area contributed by atoms with Gasteiger partial charge >= 0.3 is 0 Å². The zero-order valence-electron chi connectivity index (χ0n) is 14.8. The molecule has 6 heteroatoms. The molecule has 1 N–H and O–H groups in total. The Morgan fingerprint density at radius 1 is 1.12 bits per heavy atom. The molecule has 1 aromatic rings. The van der Waals surface area contributed by atoms with Crippen molar-refractivity contribution in [3.63, 3.8) is 0 Å². The van der Waals surface area contributed by atoms with Gasteiger partial charge in [0.2, 0.25) is 11.8 Å². The lowest BCUT2D eigenvalue weighted by Crippen LogP contribution is -2.35. The van der Waals surface area contributed by atoms with Crippen molar-refractivity contribution >= 4 is 11.8 Å². The summed E-state index contributed by atoms with van der Waals surface area (Å²) in [5.41, 5.74) is 0.580. The number of amides is 2. The van der Waals surface area contributed by atoms with Crippen LogP contribution in [0.4, 0.5) is 4.39 Å². The van der Waals surface area contributed by atoms with Gasteiger partial charge in [-0.05, 0) is 45.1 Å². The molecule has 0 heterocycles. The quantitative estimate of drug-likeness (QED) is 0.661. The lowest BCUT2D eigenvalue weighted by Gasteiger charge is -2.21. The molecule has 0 saturated heterocycles. The molecule has 5 nitrogen and oxygen atoms in total. The maximum absolute atomic E-state index is 13.6. The zero-order chi connectivity index (χ0) is 17.9. The van der Waals surface area contributed by atoms with E-state index in [0.717, 1.165) is 13.0 Å². The molecule has 0 fully saturated rings. The first kappa shape index (κ1) is 20.1. The Bertz CT molecular complexity index is 535. The van der Waals surface area contributed by atoms with Crippen LogP contribution in [0.5, 0.6) is 0 Å². The molecular weight excluding hydrogens is 309 g/mol. The first-order valence-electron chi connectivity index (χ1n) is 8.30. The van der Waals surface area contributed by atoms with Gasteiger partial charge in [-0.15, -0.1) is 0 Å². The van der Waals surface area contributed by atoms with Gasteiger partial charge < -0.3 is 15.1 Å². The molecule has 134 valence electrons. The zero-order valence-corrected chi connectivity index (χ0v) is 14.8. The fourth-order valence-electron chi connectivity index (χ4n) is 2.33. The lowest BCUT2D eigenvalue weighted by molar-refractivity contribution is -0.129. The van der Waals surface area contributed by atoms with E-state index >= 15 is 0 Å². The van der Waals surface area contributed by atoms with Crippen molar-refractivity contribution in [3.05, 3.63) is 35.6 Å². The number of nitrogens with zero attached hydrogens (tertiary/aromatic N) is 2. The molecule has 0 atom stereocenters. The summed E-state index contributed by atoms with van der Waals surface area (Å²) < 4.78 is 13.6. The Labute approximate surface area is 143 Å². The van der Waals surface area contributed by atoms with Crippen molar-refractivity contribution in [2.24, 2.45) is 0 Å². The van der Waals surface area contributed by atoms with Gasteiger partial charge in [-0.3, -0.25) is 9.59 Å². The van der Waals surface area contributed by atoms with Crippen molar-refractivity contribution in [3.8, 4) is 0 Å². The van der Waals surface area contributed by atoms with Crippen molar-refractivity contribution in [1.82, 2.24) is 15.1 Å². The summed E-state index contributed by atoms with van der Waals surface area (Å²) in [6.45, 7) is 3.78. The average molecular weight is 337 g/mol. The van der Waals surface area contributed by atoms with E-state index in [0.29, 0.717) is 31.6 Å². The summed E-state index contributed by atoms with van der Waals surface area (Å²) in [6, 6.07) is 6.54. The number of benzene rings is 1. The van der Waals surface area contributed by atoms with Crippen LogP contribution in [0.2, 0.25) is 0 Å². The number of nitrogens with one attached hydrogen (secondary N) is 1. The third kappa shape index (κ3) is 8.06. The van der Waals surface area contributed by atoms with Gasteiger partial charge in [0.15, 0.2) is 0 Å². The third-order valence-electron chi connectivity index (χ3n) is 3.77. The van der Waals surface area contributed by atoms with Gasteiger partial charge in [0.05, 0.1) is 0 Å². The highest BCUT2D eigenvalue weighted by Gasteiger charge is 2.12. The van der Waals surface area contributed by atoms with Crippen LogP contribution < -0.4 is 5.32 Å². The number of halogens is 1. The molecule has 1 aromatic carbocycles.